The molecule has 1 aromatic carbocycles. The Morgan fingerprint density at radius 3 is 2.75 bits per heavy atom. The zero-order chi connectivity index (χ0) is 17.3. The van der Waals surface area contributed by atoms with Gasteiger partial charge in [-0.2, -0.15) is 5.10 Å². The Labute approximate surface area is 146 Å². The minimum Gasteiger partial charge on any atom is -0.461 e. The maximum absolute atomic E-state index is 14.2. The molecule has 0 unspecified atom stereocenters. The Bertz CT molecular complexity index is 924. The molecule has 5 nitrogen and oxygen atoms in total. The molecule has 24 heavy (non-hydrogen) atoms. The summed E-state index contributed by atoms with van der Waals surface area (Å²) in [5.41, 5.74) is 2.34. The molecule has 0 fully saturated rings. The largest absolute Gasteiger partial charge is 0.461 e. The second-order valence-electron chi connectivity index (χ2n) is 5.13. The first-order chi connectivity index (χ1) is 11.5. The van der Waals surface area contributed by atoms with E-state index >= 15 is 0 Å². The van der Waals surface area contributed by atoms with Crippen LogP contribution in [0.4, 0.5) is 4.39 Å². The normalized spacial score (nSPS) is 11.0. The highest BCUT2D eigenvalue weighted by molar-refractivity contribution is 9.10. The number of carbonyl (C=O) groups is 1. The van der Waals surface area contributed by atoms with Gasteiger partial charge in [0.15, 0.2) is 11.3 Å². The van der Waals surface area contributed by atoms with Crippen LogP contribution in [0.25, 0.3) is 16.9 Å². The van der Waals surface area contributed by atoms with E-state index in [0.717, 1.165) is 5.69 Å². The molecule has 0 N–H and O–H groups in total. The maximum Gasteiger partial charge on any atom is 0.357 e. The van der Waals surface area contributed by atoms with Gasteiger partial charge in [-0.25, -0.2) is 18.7 Å². The highest BCUT2D eigenvalue weighted by Gasteiger charge is 2.16. The predicted molar refractivity (Wildman–Crippen MR) is 91.4 cm³/mol. The van der Waals surface area contributed by atoms with Gasteiger partial charge in [-0.15, -0.1) is 0 Å². The Kier molecular flexibility index (Phi) is 4.62. The maximum atomic E-state index is 14.2. The summed E-state index contributed by atoms with van der Waals surface area (Å²) in [4.78, 5) is 16.2. The zero-order valence-electron chi connectivity index (χ0n) is 13.2. The first-order valence-electron chi connectivity index (χ1n) is 7.55. The van der Waals surface area contributed by atoms with Crippen LogP contribution in [0.3, 0.4) is 0 Å². The average Bonchev–Trinajstić information content (AvgIpc) is 2.97. The third-order valence-corrected chi connectivity index (χ3v) is 4.05. The molecule has 0 bridgehead atoms. The van der Waals surface area contributed by atoms with Gasteiger partial charge in [0.2, 0.25) is 0 Å². The van der Waals surface area contributed by atoms with Gasteiger partial charge in [-0.3, -0.25) is 0 Å². The van der Waals surface area contributed by atoms with Crippen molar-refractivity contribution >= 4 is 27.5 Å². The molecule has 0 saturated carbocycles. The summed E-state index contributed by atoms with van der Waals surface area (Å²) >= 11 is 3.24. The summed E-state index contributed by atoms with van der Waals surface area (Å²) in [7, 11) is 0. The number of ether oxygens (including phenoxy) is 1. The molecular weight excluding hydrogens is 377 g/mol. The standard InChI is InChI=1S/C17H15BrFN3O2/c1-3-11-8-15(17(23)24-4-2)20-16-9-14(21-22(11)16)12-6-5-10(18)7-13(12)19/h5-9H,3-4H2,1-2H3. The number of nitrogens with zero attached hydrogens (tertiary/aromatic N) is 3. The third-order valence-electron chi connectivity index (χ3n) is 3.55. The molecule has 7 heteroatoms. The van der Waals surface area contributed by atoms with E-state index in [4.69, 9.17) is 4.74 Å². The smallest absolute Gasteiger partial charge is 0.357 e. The molecule has 0 aliphatic heterocycles. The van der Waals surface area contributed by atoms with Crippen molar-refractivity contribution < 1.29 is 13.9 Å². The molecule has 3 rings (SSSR count). The van der Waals surface area contributed by atoms with Crippen LogP contribution in [0.1, 0.15) is 30.0 Å². The van der Waals surface area contributed by atoms with Gasteiger partial charge in [0.05, 0.1) is 12.3 Å². The lowest BCUT2D eigenvalue weighted by Crippen LogP contribution is -2.10. The Morgan fingerprint density at radius 2 is 2.08 bits per heavy atom. The number of carbonyl (C=O) groups excluding carboxylic acids is 1. The lowest BCUT2D eigenvalue weighted by atomic mass is 10.1. The number of aryl methyl sites for hydroxylation is 1. The number of esters is 1. The highest BCUT2D eigenvalue weighted by Crippen LogP contribution is 2.26. The quantitative estimate of drug-likeness (QED) is 0.629. The molecule has 124 valence electrons. The minimum absolute atomic E-state index is 0.226. The second-order valence-corrected chi connectivity index (χ2v) is 6.05. The van der Waals surface area contributed by atoms with Crippen LogP contribution in [0.5, 0.6) is 0 Å². The summed E-state index contributed by atoms with van der Waals surface area (Å²) in [6, 6.07) is 8.10. The van der Waals surface area contributed by atoms with E-state index in [1.165, 1.54) is 6.07 Å². The van der Waals surface area contributed by atoms with Crippen molar-refractivity contribution in [3.8, 4) is 11.3 Å². The van der Waals surface area contributed by atoms with E-state index in [-0.39, 0.29) is 18.1 Å². The molecule has 0 radical (unpaired) electrons. The van der Waals surface area contributed by atoms with Crippen molar-refractivity contribution in [2.75, 3.05) is 6.61 Å². The van der Waals surface area contributed by atoms with Crippen molar-refractivity contribution in [2.45, 2.75) is 20.3 Å². The van der Waals surface area contributed by atoms with E-state index < -0.39 is 5.97 Å². The third kappa shape index (κ3) is 3.03. The van der Waals surface area contributed by atoms with Gasteiger partial charge in [-0.05, 0) is 37.6 Å². The van der Waals surface area contributed by atoms with E-state index in [9.17, 15) is 9.18 Å². The van der Waals surface area contributed by atoms with Gasteiger partial charge in [0.25, 0.3) is 0 Å². The zero-order valence-corrected chi connectivity index (χ0v) is 14.8. The molecule has 0 aliphatic carbocycles. The number of aromatic nitrogens is 3. The average molecular weight is 392 g/mol. The fourth-order valence-corrected chi connectivity index (χ4v) is 2.76. The number of benzene rings is 1. The van der Waals surface area contributed by atoms with Crippen molar-refractivity contribution in [1.82, 2.24) is 14.6 Å². The fraction of sp³-hybridized carbons (Fsp3) is 0.235. The molecule has 0 atom stereocenters. The van der Waals surface area contributed by atoms with Gasteiger partial charge in [0, 0.05) is 21.8 Å². The Balaban J connectivity index is 2.14. The lowest BCUT2D eigenvalue weighted by molar-refractivity contribution is 0.0519. The highest BCUT2D eigenvalue weighted by atomic mass is 79.9. The number of rotatable bonds is 4. The molecule has 2 heterocycles. The van der Waals surface area contributed by atoms with Crippen LogP contribution in [0.2, 0.25) is 0 Å². The van der Waals surface area contributed by atoms with Gasteiger partial charge in [0.1, 0.15) is 5.82 Å². The van der Waals surface area contributed by atoms with E-state index in [1.54, 1.807) is 35.7 Å². The van der Waals surface area contributed by atoms with Crippen molar-refractivity contribution in [3.63, 3.8) is 0 Å². The monoisotopic (exact) mass is 391 g/mol. The molecule has 3 aromatic rings. The predicted octanol–water partition coefficient (Wildman–Crippen LogP) is 4.04. The first kappa shape index (κ1) is 16.6. The van der Waals surface area contributed by atoms with Gasteiger partial charge < -0.3 is 4.74 Å². The van der Waals surface area contributed by atoms with Crippen molar-refractivity contribution in [2.24, 2.45) is 0 Å². The van der Waals surface area contributed by atoms with Crippen LogP contribution in [-0.4, -0.2) is 27.2 Å². The summed E-state index contributed by atoms with van der Waals surface area (Å²) in [6.45, 7) is 3.97. The number of hydrogen-bond acceptors (Lipinski definition) is 4. The molecular formula is C17H15BrFN3O2. The lowest BCUT2D eigenvalue weighted by Gasteiger charge is -2.05. The van der Waals surface area contributed by atoms with Gasteiger partial charge >= 0.3 is 5.97 Å². The molecule has 0 spiro atoms. The summed E-state index contributed by atoms with van der Waals surface area (Å²) < 4.78 is 21.5. The molecule has 2 aromatic heterocycles. The van der Waals surface area contributed by atoms with E-state index in [0.29, 0.717) is 27.8 Å². The van der Waals surface area contributed by atoms with Crippen LogP contribution in [0, 0.1) is 5.82 Å². The van der Waals surface area contributed by atoms with Crippen molar-refractivity contribution in [3.05, 3.63) is 52.0 Å². The fourth-order valence-electron chi connectivity index (χ4n) is 2.43. The van der Waals surface area contributed by atoms with Crippen LogP contribution >= 0.6 is 15.9 Å². The number of hydrogen-bond donors (Lipinski definition) is 0. The van der Waals surface area contributed by atoms with E-state index in [2.05, 4.69) is 26.0 Å². The Morgan fingerprint density at radius 1 is 1.29 bits per heavy atom. The summed E-state index contributed by atoms with van der Waals surface area (Å²) in [5, 5.41) is 4.44. The first-order valence-corrected chi connectivity index (χ1v) is 8.35. The molecule has 0 saturated heterocycles. The summed E-state index contributed by atoms with van der Waals surface area (Å²) in [5.74, 6) is -0.858. The van der Waals surface area contributed by atoms with Gasteiger partial charge in [-0.1, -0.05) is 22.9 Å². The Hall–Kier alpha value is -2.28. The molecule has 0 aliphatic rings. The SMILES string of the molecule is CCOC(=O)c1cc(CC)n2nc(-c3ccc(Br)cc3F)cc2n1. The van der Waals surface area contributed by atoms with Crippen LogP contribution < -0.4 is 0 Å². The van der Waals surface area contributed by atoms with Crippen LogP contribution in [0.15, 0.2) is 34.8 Å². The number of halogens is 2. The second kappa shape index (κ2) is 6.68. The van der Waals surface area contributed by atoms with Crippen LogP contribution in [-0.2, 0) is 11.2 Å². The number of fused-ring (bicyclic) bond motifs is 1. The topological polar surface area (TPSA) is 56.5 Å². The van der Waals surface area contributed by atoms with E-state index in [1.807, 2.05) is 6.92 Å². The minimum atomic E-state index is -0.479. The summed E-state index contributed by atoms with van der Waals surface area (Å²) in [6.07, 6.45) is 0.648. The molecule has 0 amide bonds. The van der Waals surface area contributed by atoms with Crippen molar-refractivity contribution in [1.29, 1.82) is 0 Å².